The van der Waals surface area contributed by atoms with Crippen molar-refractivity contribution in [2.45, 2.75) is 32.6 Å². The SMILES string of the molecule is CCCc1cc(=O)oc2cc(OC(=O)c3ccc[nH+]c3N3CCCC3)ccc12. The van der Waals surface area contributed by atoms with Crippen molar-refractivity contribution in [1.82, 2.24) is 0 Å². The Balaban J connectivity index is 1.63. The molecule has 0 bridgehead atoms. The zero-order valence-corrected chi connectivity index (χ0v) is 15.9. The summed E-state index contributed by atoms with van der Waals surface area (Å²) in [5, 5.41) is 0.868. The highest BCUT2D eigenvalue weighted by atomic mass is 16.5. The lowest BCUT2D eigenvalue weighted by molar-refractivity contribution is -0.364. The van der Waals surface area contributed by atoms with Crippen molar-refractivity contribution < 1.29 is 18.9 Å². The first-order valence-electron chi connectivity index (χ1n) is 9.70. The third-order valence-electron chi connectivity index (χ3n) is 5.01. The maximum atomic E-state index is 12.8. The molecule has 0 amide bonds. The highest BCUT2D eigenvalue weighted by Crippen LogP contribution is 2.25. The number of aromatic nitrogens is 1. The molecule has 2 aromatic heterocycles. The topological polar surface area (TPSA) is 73.9 Å². The predicted molar refractivity (Wildman–Crippen MR) is 106 cm³/mol. The van der Waals surface area contributed by atoms with E-state index >= 15 is 0 Å². The van der Waals surface area contributed by atoms with Crippen molar-refractivity contribution in [3.8, 4) is 5.75 Å². The van der Waals surface area contributed by atoms with E-state index in [1.807, 2.05) is 12.3 Å². The Bertz CT molecular complexity index is 1070. The van der Waals surface area contributed by atoms with Crippen molar-refractivity contribution in [3.05, 3.63) is 64.1 Å². The minimum absolute atomic E-state index is 0.352. The Morgan fingerprint density at radius 1 is 1.21 bits per heavy atom. The Hall–Kier alpha value is -3.15. The second kappa shape index (κ2) is 7.84. The molecule has 0 saturated carbocycles. The van der Waals surface area contributed by atoms with E-state index < -0.39 is 11.6 Å². The van der Waals surface area contributed by atoms with E-state index in [0.29, 0.717) is 16.9 Å². The van der Waals surface area contributed by atoms with E-state index in [9.17, 15) is 9.59 Å². The molecule has 1 N–H and O–H groups in total. The lowest BCUT2D eigenvalue weighted by Crippen LogP contribution is -2.29. The maximum absolute atomic E-state index is 12.8. The highest BCUT2D eigenvalue weighted by molar-refractivity contribution is 5.96. The van der Waals surface area contributed by atoms with Gasteiger partial charge in [-0.05, 0) is 49.1 Å². The summed E-state index contributed by atoms with van der Waals surface area (Å²) >= 11 is 0. The number of rotatable bonds is 5. The lowest BCUT2D eigenvalue weighted by Gasteiger charge is -2.12. The molecule has 6 nitrogen and oxygen atoms in total. The smallest absolute Gasteiger partial charge is 0.351 e. The quantitative estimate of drug-likeness (QED) is 0.386. The average molecular weight is 379 g/mol. The van der Waals surface area contributed by atoms with Crippen molar-refractivity contribution in [2.75, 3.05) is 18.0 Å². The van der Waals surface area contributed by atoms with Gasteiger partial charge < -0.3 is 9.15 Å². The molecule has 0 unspecified atom stereocenters. The molecule has 1 saturated heterocycles. The largest absolute Gasteiger partial charge is 0.423 e. The molecule has 0 radical (unpaired) electrons. The fourth-order valence-corrected chi connectivity index (χ4v) is 3.71. The van der Waals surface area contributed by atoms with Crippen molar-refractivity contribution in [2.24, 2.45) is 0 Å². The summed E-state index contributed by atoms with van der Waals surface area (Å²) in [5.74, 6) is 0.693. The number of hydrogen-bond acceptors (Lipinski definition) is 5. The normalized spacial score (nSPS) is 13.8. The van der Waals surface area contributed by atoms with E-state index in [2.05, 4.69) is 16.8 Å². The van der Waals surface area contributed by atoms with Crippen LogP contribution in [0.1, 0.15) is 42.1 Å². The second-order valence-corrected chi connectivity index (χ2v) is 7.01. The summed E-state index contributed by atoms with van der Waals surface area (Å²) in [6.45, 7) is 3.90. The number of pyridine rings is 1. The molecular formula is C22H23N2O4+. The van der Waals surface area contributed by atoms with Crippen LogP contribution < -0.4 is 20.2 Å². The van der Waals surface area contributed by atoms with E-state index in [-0.39, 0.29) is 0 Å². The summed E-state index contributed by atoms with van der Waals surface area (Å²) < 4.78 is 10.9. The van der Waals surface area contributed by atoms with Crippen LogP contribution in [0.3, 0.4) is 0 Å². The van der Waals surface area contributed by atoms with Gasteiger partial charge in [-0.2, -0.15) is 0 Å². The highest BCUT2D eigenvalue weighted by Gasteiger charge is 2.27. The summed E-state index contributed by atoms with van der Waals surface area (Å²) in [7, 11) is 0. The monoisotopic (exact) mass is 379 g/mol. The molecule has 3 heterocycles. The van der Waals surface area contributed by atoms with Crippen LogP contribution in [0.15, 0.2) is 51.8 Å². The van der Waals surface area contributed by atoms with Gasteiger partial charge in [0.05, 0.1) is 19.3 Å². The van der Waals surface area contributed by atoms with E-state index in [1.54, 1.807) is 24.3 Å². The molecule has 144 valence electrons. The van der Waals surface area contributed by atoms with Crippen LogP contribution in [0.4, 0.5) is 5.82 Å². The molecule has 4 rings (SSSR count). The van der Waals surface area contributed by atoms with Crippen molar-refractivity contribution in [1.29, 1.82) is 0 Å². The standard InChI is InChI=1S/C22H22N2O4/c1-2-6-15-13-20(25)28-19-14-16(8-9-17(15)19)27-22(26)18-7-5-10-23-21(18)24-11-3-4-12-24/h5,7-10,13-14H,2-4,6,11-12H2,1H3/p+1. The number of fused-ring (bicyclic) bond motifs is 1. The maximum Gasteiger partial charge on any atom is 0.351 e. The van der Waals surface area contributed by atoms with Crippen LogP contribution >= 0.6 is 0 Å². The Morgan fingerprint density at radius 3 is 2.82 bits per heavy atom. The van der Waals surface area contributed by atoms with Gasteiger partial charge >= 0.3 is 11.6 Å². The lowest BCUT2D eigenvalue weighted by atomic mass is 10.1. The predicted octanol–water partition coefficient (Wildman–Crippen LogP) is 3.38. The fraction of sp³-hybridized carbons (Fsp3) is 0.318. The van der Waals surface area contributed by atoms with Gasteiger partial charge in [-0.3, -0.25) is 4.90 Å². The minimum Gasteiger partial charge on any atom is -0.423 e. The average Bonchev–Trinajstić information content (AvgIpc) is 3.22. The third kappa shape index (κ3) is 3.63. The number of hydrogen-bond donors (Lipinski definition) is 0. The molecule has 1 aliphatic heterocycles. The molecule has 0 atom stereocenters. The third-order valence-corrected chi connectivity index (χ3v) is 5.01. The van der Waals surface area contributed by atoms with Gasteiger partial charge in [-0.15, -0.1) is 0 Å². The van der Waals surface area contributed by atoms with Gasteiger partial charge in [-0.1, -0.05) is 13.3 Å². The summed E-state index contributed by atoms with van der Waals surface area (Å²) in [6.07, 6.45) is 5.76. The second-order valence-electron chi connectivity index (χ2n) is 7.01. The molecular weight excluding hydrogens is 356 g/mol. The van der Waals surface area contributed by atoms with Gasteiger partial charge in [0.1, 0.15) is 16.9 Å². The van der Waals surface area contributed by atoms with E-state index in [0.717, 1.165) is 55.5 Å². The Morgan fingerprint density at radius 2 is 2.04 bits per heavy atom. The Labute approximate surface area is 162 Å². The number of aryl methyl sites for hydroxylation is 1. The summed E-state index contributed by atoms with van der Waals surface area (Å²) in [5.41, 5.74) is 1.47. The Kier molecular flexibility index (Phi) is 5.10. The van der Waals surface area contributed by atoms with Crippen molar-refractivity contribution in [3.63, 3.8) is 0 Å². The molecule has 1 aliphatic rings. The zero-order valence-electron chi connectivity index (χ0n) is 15.9. The van der Waals surface area contributed by atoms with Crippen LogP contribution in [0, 0.1) is 0 Å². The number of esters is 1. The number of nitrogens with zero attached hydrogens (tertiary/aromatic N) is 1. The van der Waals surface area contributed by atoms with Crippen molar-refractivity contribution >= 4 is 22.8 Å². The van der Waals surface area contributed by atoms with Gasteiger partial charge in [0.15, 0.2) is 0 Å². The molecule has 28 heavy (non-hydrogen) atoms. The molecule has 3 aromatic rings. The van der Waals surface area contributed by atoms with E-state index in [4.69, 9.17) is 9.15 Å². The molecule has 1 fully saturated rings. The number of carbonyl (C=O) groups is 1. The van der Waals surface area contributed by atoms with Crippen LogP contribution in [0.2, 0.25) is 0 Å². The van der Waals surface area contributed by atoms with Crippen LogP contribution in [-0.2, 0) is 6.42 Å². The number of carbonyl (C=O) groups excluding carboxylic acids is 1. The molecule has 6 heteroatoms. The first-order valence-corrected chi connectivity index (χ1v) is 9.70. The molecule has 0 spiro atoms. The molecule has 1 aromatic carbocycles. The van der Waals surface area contributed by atoms with Gasteiger partial charge in [0.25, 0.3) is 5.82 Å². The van der Waals surface area contributed by atoms with Crippen LogP contribution in [-0.4, -0.2) is 19.1 Å². The molecule has 0 aliphatic carbocycles. The fourth-order valence-electron chi connectivity index (χ4n) is 3.71. The van der Waals surface area contributed by atoms with E-state index in [1.165, 1.54) is 6.07 Å². The number of nitrogens with one attached hydrogen (secondary N) is 1. The van der Waals surface area contributed by atoms with Gasteiger partial charge in [0.2, 0.25) is 0 Å². The van der Waals surface area contributed by atoms with Gasteiger partial charge in [-0.25, -0.2) is 14.6 Å². The number of aromatic amines is 1. The number of ether oxygens (including phenoxy) is 1. The number of benzene rings is 1. The number of anilines is 1. The van der Waals surface area contributed by atoms with Gasteiger partial charge in [0, 0.05) is 17.5 Å². The van der Waals surface area contributed by atoms with Crippen LogP contribution in [0.5, 0.6) is 5.75 Å². The summed E-state index contributed by atoms with van der Waals surface area (Å²) in [6, 6.07) is 10.3. The number of H-pyrrole nitrogens is 1. The summed E-state index contributed by atoms with van der Waals surface area (Å²) in [4.78, 5) is 30.0. The zero-order chi connectivity index (χ0) is 19.5. The first kappa shape index (κ1) is 18.2. The minimum atomic E-state index is -0.440. The van der Waals surface area contributed by atoms with Crippen LogP contribution in [0.25, 0.3) is 11.0 Å². The first-order chi connectivity index (χ1) is 13.7.